The first kappa shape index (κ1) is 23.1. The van der Waals surface area contributed by atoms with Crippen molar-refractivity contribution < 1.29 is 8.78 Å². The quantitative estimate of drug-likeness (QED) is 0.393. The van der Waals surface area contributed by atoms with Crippen LogP contribution in [0.5, 0.6) is 0 Å². The summed E-state index contributed by atoms with van der Waals surface area (Å²) in [6.07, 6.45) is 0.0637. The van der Waals surface area contributed by atoms with E-state index in [0.717, 1.165) is 22.8 Å². The average molecular weight is 473 g/mol. The molecule has 2 heterocycles. The molecule has 4 aromatic rings. The molecule has 2 aromatic carbocycles. The molecule has 4 rings (SSSR count). The van der Waals surface area contributed by atoms with Crippen molar-refractivity contribution in [3.8, 4) is 17.8 Å². The number of fused-ring (bicyclic) bond motifs is 1. The van der Waals surface area contributed by atoms with E-state index >= 15 is 0 Å². The van der Waals surface area contributed by atoms with Crippen LogP contribution >= 0.6 is 0 Å². The highest BCUT2D eigenvalue weighted by molar-refractivity contribution is 5.82. The van der Waals surface area contributed by atoms with E-state index in [1.807, 2.05) is 12.1 Å². The number of nitrogens with zero attached hydrogens (tertiary/aromatic N) is 6. The molecule has 0 atom stereocenters. The van der Waals surface area contributed by atoms with Gasteiger partial charge in [0, 0.05) is 13.0 Å². The third-order valence-electron chi connectivity index (χ3n) is 5.22. The second kappa shape index (κ2) is 9.03. The SMILES string of the molecule is Cc1ccc(F)c2c(=O)n(-c3cc(F)cc(C#N)c3)c(CCNc3nc(N)nc(N)c3C#N)nc12. The van der Waals surface area contributed by atoms with Gasteiger partial charge in [0.25, 0.3) is 5.56 Å². The lowest BCUT2D eigenvalue weighted by Gasteiger charge is -2.16. The molecule has 0 unspecified atom stereocenters. The number of benzene rings is 2. The van der Waals surface area contributed by atoms with Crippen LogP contribution in [0.2, 0.25) is 0 Å². The van der Waals surface area contributed by atoms with Crippen LogP contribution in [0.4, 0.5) is 26.4 Å². The maximum atomic E-state index is 14.7. The third-order valence-corrected chi connectivity index (χ3v) is 5.22. The van der Waals surface area contributed by atoms with Crippen molar-refractivity contribution >= 4 is 28.5 Å². The zero-order valence-electron chi connectivity index (χ0n) is 18.3. The molecule has 0 amide bonds. The summed E-state index contributed by atoms with van der Waals surface area (Å²) in [4.78, 5) is 25.6. The summed E-state index contributed by atoms with van der Waals surface area (Å²) in [5.41, 5.74) is 11.3. The molecule has 5 N–H and O–H groups in total. The standard InChI is InChI=1S/C23H17F2N9O/c1-11-2-3-16(25)18-19(11)31-17(4-5-30-21-15(10-27)20(28)32-23(29)33-21)34(22(18)35)14-7-12(9-26)6-13(24)8-14/h2-3,6-8H,4-5H2,1H3,(H5,28,29,30,32,33). The Kier molecular flexibility index (Phi) is 5.96. The molecule has 0 bridgehead atoms. The minimum atomic E-state index is -0.774. The van der Waals surface area contributed by atoms with Crippen LogP contribution < -0.4 is 22.3 Å². The Bertz CT molecular complexity index is 1630. The van der Waals surface area contributed by atoms with Gasteiger partial charge in [-0.3, -0.25) is 9.36 Å². The van der Waals surface area contributed by atoms with Gasteiger partial charge in [0.2, 0.25) is 5.95 Å². The molecule has 35 heavy (non-hydrogen) atoms. The van der Waals surface area contributed by atoms with Crippen molar-refractivity contribution in [2.75, 3.05) is 23.3 Å². The molecule has 2 aromatic heterocycles. The number of hydrogen-bond acceptors (Lipinski definition) is 9. The molecular formula is C23H17F2N9O. The molecule has 0 aliphatic heterocycles. The van der Waals surface area contributed by atoms with Gasteiger partial charge in [-0.25, -0.2) is 13.8 Å². The summed E-state index contributed by atoms with van der Waals surface area (Å²) in [7, 11) is 0. The number of aryl methyl sites for hydroxylation is 1. The van der Waals surface area contributed by atoms with Crippen LogP contribution in [0.1, 0.15) is 22.5 Å². The number of nitrogen functional groups attached to an aromatic ring is 2. The van der Waals surface area contributed by atoms with Crippen molar-refractivity contribution in [3.63, 3.8) is 0 Å². The van der Waals surface area contributed by atoms with Crippen molar-refractivity contribution in [1.82, 2.24) is 19.5 Å². The molecule has 0 spiro atoms. The van der Waals surface area contributed by atoms with Crippen LogP contribution in [0.3, 0.4) is 0 Å². The molecule has 12 heteroatoms. The average Bonchev–Trinajstić information content (AvgIpc) is 2.80. The van der Waals surface area contributed by atoms with Crippen molar-refractivity contribution in [1.29, 1.82) is 10.5 Å². The minimum Gasteiger partial charge on any atom is -0.382 e. The van der Waals surface area contributed by atoms with Crippen molar-refractivity contribution in [2.24, 2.45) is 0 Å². The highest BCUT2D eigenvalue weighted by atomic mass is 19.1. The number of rotatable bonds is 5. The Labute approximate surface area is 197 Å². The fourth-order valence-electron chi connectivity index (χ4n) is 3.66. The smallest absolute Gasteiger partial charge is 0.268 e. The molecule has 0 fully saturated rings. The first-order valence-electron chi connectivity index (χ1n) is 10.2. The van der Waals surface area contributed by atoms with Crippen molar-refractivity contribution in [3.05, 3.63) is 74.8 Å². The Morgan fingerprint density at radius 3 is 2.57 bits per heavy atom. The predicted octanol–water partition coefficient (Wildman–Crippen LogP) is 2.32. The van der Waals surface area contributed by atoms with Gasteiger partial charge in [-0.15, -0.1) is 0 Å². The summed E-state index contributed by atoms with van der Waals surface area (Å²) >= 11 is 0. The molecular weight excluding hydrogens is 456 g/mol. The normalized spacial score (nSPS) is 10.7. The molecule has 0 saturated heterocycles. The number of nitrogens with one attached hydrogen (secondary N) is 1. The molecule has 0 aliphatic carbocycles. The first-order chi connectivity index (χ1) is 16.7. The van der Waals surface area contributed by atoms with Gasteiger partial charge in [-0.05, 0) is 36.8 Å². The van der Waals surface area contributed by atoms with Crippen molar-refractivity contribution in [2.45, 2.75) is 13.3 Å². The van der Waals surface area contributed by atoms with E-state index in [2.05, 4.69) is 20.3 Å². The van der Waals surface area contributed by atoms with E-state index in [9.17, 15) is 24.1 Å². The highest BCUT2D eigenvalue weighted by Gasteiger charge is 2.19. The third kappa shape index (κ3) is 4.28. The van der Waals surface area contributed by atoms with Crippen LogP contribution in [0, 0.1) is 41.2 Å². The number of anilines is 3. The topological polar surface area (TPSA) is 172 Å². The second-order valence-electron chi connectivity index (χ2n) is 7.55. The predicted molar refractivity (Wildman–Crippen MR) is 124 cm³/mol. The Hall–Kier alpha value is -5.10. The lowest BCUT2D eigenvalue weighted by molar-refractivity contribution is 0.624. The van der Waals surface area contributed by atoms with Crippen LogP contribution in [0.25, 0.3) is 16.6 Å². The van der Waals surface area contributed by atoms with E-state index in [0.29, 0.717) is 5.56 Å². The van der Waals surface area contributed by atoms with E-state index in [-0.39, 0.29) is 64.1 Å². The minimum absolute atomic E-state index is 0.00947. The second-order valence-corrected chi connectivity index (χ2v) is 7.55. The highest BCUT2D eigenvalue weighted by Crippen LogP contribution is 2.22. The zero-order valence-corrected chi connectivity index (χ0v) is 18.3. The van der Waals surface area contributed by atoms with Gasteiger partial charge in [0.1, 0.15) is 40.3 Å². The lowest BCUT2D eigenvalue weighted by Crippen LogP contribution is -2.26. The maximum absolute atomic E-state index is 14.7. The summed E-state index contributed by atoms with van der Waals surface area (Å²) < 4.78 is 29.9. The monoisotopic (exact) mass is 473 g/mol. The fraction of sp³-hybridized carbons (Fsp3) is 0.130. The van der Waals surface area contributed by atoms with Crippen LogP contribution in [-0.4, -0.2) is 26.1 Å². The summed E-state index contributed by atoms with van der Waals surface area (Å²) in [6.45, 7) is 1.78. The largest absolute Gasteiger partial charge is 0.382 e. The number of nitriles is 2. The van der Waals surface area contributed by atoms with Gasteiger partial charge in [0.15, 0.2) is 5.82 Å². The van der Waals surface area contributed by atoms with Crippen LogP contribution in [0.15, 0.2) is 35.1 Å². The maximum Gasteiger partial charge on any atom is 0.268 e. The van der Waals surface area contributed by atoms with Gasteiger partial charge >= 0.3 is 0 Å². The van der Waals surface area contributed by atoms with E-state index in [4.69, 9.17) is 11.5 Å². The number of nitrogens with two attached hydrogens (primary N) is 2. The summed E-state index contributed by atoms with van der Waals surface area (Å²) in [6, 6.07) is 9.76. The van der Waals surface area contributed by atoms with Gasteiger partial charge < -0.3 is 16.8 Å². The Morgan fingerprint density at radius 1 is 1.09 bits per heavy atom. The van der Waals surface area contributed by atoms with E-state index < -0.39 is 17.2 Å². The van der Waals surface area contributed by atoms with Crippen LogP contribution in [-0.2, 0) is 6.42 Å². The van der Waals surface area contributed by atoms with E-state index in [1.165, 1.54) is 12.1 Å². The summed E-state index contributed by atoms with van der Waals surface area (Å²) in [5, 5.41) is 21.2. The Morgan fingerprint density at radius 2 is 1.86 bits per heavy atom. The number of aromatic nitrogens is 4. The molecule has 0 radical (unpaired) electrons. The zero-order chi connectivity index (χ0) is 25.3. The molecule has 0 aliphatic rings. The van der Waals surface area contributed by atoms with Gasteiger partial charge in [-0.1, -0.05) is 6.07 Å². The summed E-state index contributed by atoms with van der Waals surface area (Å²) in [5.74, 6) is -1.51. The van der Waals surface area contributed by atoms with Gasteiger partial charge in [0.05, 0.1) is 22.8 Å². The molecule has 0 saturated carbocycles. The molecule has 10 nitrogen and oxygen atoms in total. The van der Waals surface area contributed by atoms with Gasteiger partial charge in [-0.2, -0.15) is 20.5 Å². The lowest BCUT2D eigenvalue weighted by atomic mass is 10.1. The number of halogens is 2. The first-order valence-corrected chi connectivity index (χ1v) is 10.2. The van der Waals surface area contributed by atoms with E-state index in [1.54, 1.807) is 6.92 Å². The molecule has 174 valence electrons. The fourth-order valence-corrected chi connectivity index (χ4v) is 3.66. The Balaban J connectivity index is 1.85. The number of hydrogen-bond donors (Lipinski definition) is 3.